The van der Waals surface area contributed by atoms with Crippen molar-refractivity contribution in [1.82, 2.24) is 16.0 Å². The van der Waals surface area contributed by atoms with E-state index in [-0.39, 0.29) is 30.6 Å². The first-order chi connectivity index (χ1) is 28.4. The number of nitrogens with two attached hydrogens (primary N) is 1. The van der Waals surface area contributed by atoms with Gasteiger partial charge in [0.2, 0.25) is 17.7 Å². The highest BCUT2D eigenvalue weighted by atomic mass is 31.2. The second-order valence-corrected chi connectivity index (χ2v) is 21.6. The maximum absolute atomic E-state index is 13.3. The fourth-order valence-electron chi connectivity index (χ4n) is 6.65. The predicted octanol–water partition coefficient (Wildman–Crippen LogP) is 9.64. The standard InChI is InChI=1S/C46H89N4O10P/c1-44(2,3)58-43(56)38(32-33-40(52)49-34-26-22-24-30-39(51)48-35-27-25-29-37(47)42(54)55)50-41(53)31-23-20-18-16-14-12-10-11-13-15-17-19-21-28-36-61(57,59-45(4,5)6)60-46(7,8)9/h37-38H,10-36,47H2,1-9H3,(H,48,51)(H,49,52)(H,50,53)(H,54,55). The zero-order valence-corrected chi connectivity index (χ0v) is 40.8. The van der Waals surface area contributed by atoms with Gasteiger partial charge in [0.15, 0.2) is 0 Å². The Labute approximate surface area is 370 Å². The number of amides is 3. The van der Waals surface area contributed by atoms with E-state index in [1.165, 1.54) is 44.9 Å². The van der Waals surface area contributed by atoms with Gasteiger partial charge in [0.05, 0.1) is 17.4 Å². The van der Waals surface area contributed by atoms with Crippen LogP contribution in [-0.4, -0.2) is 82.9 Å². The van der Waals surface area contributed by atoms with Gasteiger partial charge in [0, 0.05) is 32.4 Å². The van der Waals surface area contributed by atoms with Crippen LogP contribution in [0.1, 0.15) is 216 Å². The van der Waals surface area contributed by atoms with Gasteiger partial charge in [0.1, 0.15) is 17.7 Å². The number of carbonyl (C=O) groups excluding carboxylic acids is 4. The van der Waals surface area contributed by atoms with E-state index in [1.54, 1.807) is 20.8 Å². The number of hydrogen-bond donors (Lipinski definition) is 5. The third-order valence-electron chi connectivity index (χ3n) is 9.58. The molecule has 0 saturated carbocycles. The fourth-order valence-corrected chi connectivity index (χ4v) is 9.15. The van der Waals surface area contributed by atoms with Crippen LogP contribution < -0.4 is 21.7 Å². The fraction of sp³-hybridized carbons (Fsp3) is 0.891. The van der Waals surface area contributed by atoms with Gasteiger partial charge in [-0.2, -0.15) is 0 Å². The van der Waals surface area contributed by atoms with Gasteiger partial charge in [-0.15, -0.1) is 0 Å². The van der Waals surface area contributed by atoms with E-state index in [9.17, 15) is 28.5 Å². The smallest absolute Gasteiger partial charge is 0.331 e. The number of rotatable bonds is 36. The number of nitrogens with one attached hydrogen (secondary N) is 3. The molecule has 0 saturated heterocycles. The molecule has 2 unspecified atom stereocenters. The molecule has 0 rings (SSSR count). The van der Waals surface area contributed by atoms with Crippen LogP contribution in [0.2, 0.25) is 0 Å². The lowest BCUT2D eigenvalue weighted by molar-refractivity contribution is -0.159. The van der Waals surface area contributed by atoms with Gasteiger partial charge in [-0.25, -0.2) is 4.79 Å². The molecular weight excluding hydrogens is 799 g/mol. The van der Waals surface area contributed by atoms with E-state index in [0.717, 1.165) is 51.4 Å². The van der Waals surface area contributed by atoms with E-state index >= 15 is 0 Å². The summed E-state index contributed by atoms with van der Waals surface area (Å²) < 4.78 is 30.6. The minimum absolute atomic E-state index is 0.0587. The zero-order chi connectivity index (χ0) is 46.4. The van der Waals surface area contributed by atoms with Gasteiger partial charge in [-0.3, -0.25) is 23.7 Å². The van der Waals surface area contributed by atoms with Gasteiger partial charge in [-0.05, 0) is 114 Å². The predicted molar refractivity (Wildman–Crippen MR) is 244 cm³/mol. The Kier molecular flexibility index (Phi) is 30.8. The van der Waals surface area contributed by atoms with Crippen LogP contribution in [0.5, 0.6) is 0 Å². The van der Waals surface area contributed by atoms with Crippen molar-refractivity contribution >= 4 is 37.3 Å². The highest BCUT2D eigenvalue weighted by Crippen LogP contribution is 2.55. The van der Waals surface area contributed by atoms with Crippen LogP contribution in [0.25, 0.3) is 0 Å². The molecule has 0 fully saturated rings. The molecule has 14 nitrogen and oxygen atoms in total. The van der Waals surface area contributed by atoms with Crippen molar-refractivity contribution in [3.63, 3.8) is 0 Å². The van der Waals surface area contributed by atoms with E-state index in [2.05, 4.69) is 16.0 Å². The second-order valence-electron chi connectivity index (χ2n) is 19.6. The van der Waals surface area contributed by atoms with Crippen molar-refractivity contribution in [3.8, 4) is 0 Å². The Morgan fingerprint density at radius 1 is 0.525 bits per heavy atom. The lowest BCUT2D eigenvalue weighted by Crippen LogP contribution is -2.44. The minimum Gasteiger partial charge on any atom is -0.480 e. The largest absolute Gasteiger partial charge is 0.480 e. The molecule has 2 atom stereocenters. The third kappa shape index (κ3) is 37.7. The number of ether oxygens (including phenoxy) is 1. The van der Waals surface area contributed by atoms with Crippen molar-refractivity contribution in [2.45, 2.75) is 245 Å². The van der Waals surface area contributed by atoms with Crippen molar-refractivity contribution in [2.24, 2.45) is 5.73 Å². The molecule has 0 radical (unpaired) electrons. The first kappa shape index (κ1) is 58.5. The van der Waals surface area contributed by atoms with Gasteiger partial charge >= 0.3 is 19.5 Å². The van der Waals surface area contributed by atoms with Crippen LogP contribution in [0.3, 0.4) is 0 Å². The summed E-state index contributed by atoms with van der Waals surface area (Å²) >= 11 is 0. The maximum Gasteiger partial charge on any atom is 0.331 e. The molecule has 0 aromatic heterocycles. The number of hydrogen-bond acceptors (Lipinski definition) is 10. The van der Waals surface area contributed by atoms with Crippen molar-refractivity contribution < 1.29 is 47.4 Å². The third-order valence-corrected chi connectivity index (χ3v) is 12.1. The van der Waals surface area contributed by atoms with Crippen molar-refractivity contribution in [1.29, 1.82) is 0 Å². The molecule has 6 N–H and O–H groups in total. The highest BCUT2D eigenvalue weighted by molar-refractivity contribution is 7.53. The van der Waals surface area contributed by atoms with Crippen LogP contribution >= 0.6 is 7.60 Å². The maximum atomic E-state index is 13.3. The average Bonchev–Trinajstić information content (AvgIpc) is 3.11. The summed E-state index contributed by atoms with van der Waals surface area (Å²) in [6.07, 6.45) is 20.6. The topological polar surface area (TPSA) is 212 Å². The number of unbranched alkanes of at least 4 members (excludes halogenated alkanes) is 16. The summed E-state index contributed by atoms with van der Waals surface area (Å²) in [5.41, 5.74) is 3.73. The Hall–Kier alpha value is -2.54. The lowest BCUT2D eigenvalue weighted by Gasteiger charge is -2.32. The van der Waals surface area contributed by atoms with Crippen molar-refractivity contribution in [3.05, 3.63) is 0 Å². The quantitative estimate of drug-likeness (QED) is 0.0227. The number of carboxylic acid groups (broad SMARTS) is 1. The molecule has 0 aromatic rings. The summed E-state index contributed by atoms with van der Waals surface area (Å²) in [5.74, 6) is -2.06. The molecule has 0 bridgehead atoms. The molecule has 15 heteroatoms. The molecule has 0 aliphatic heterocycles. The molecule has 358 valence electrons. The molecule has 61 heavy (non-hydrogen) atoms. The minimum atomic E-state index is -3.14. The zero-order valence-electron chi connectivity index (χ0n) is 39.9. The molecule has 0 spiro atoms. The monoisotopic (exact) mass is 889 g/mol. The highest BCUT2D eigenvalue weighted by Gasteiger charge is 2.34. The number of carboxylic acids is 1. The first-order valence-corrected chi connectivity index (χ1v) is 25.2. The molecule has 3 amide bonds. The Morgan fingerprint density at radius 2 is 0.918 bits per heavy atom. The molecular formula is C46H89N4O10P. The summed E-state index contributed by atoms with van der Waals surface area (Å²) in [5, 5.41) is 17.3. The van der Waals surface area contributed by atoms with Crippen LogP contribution in [0.15, 0.2) is 0 Å². The lowest BCUT2D eigenvalue weighted by atomic mass is 10.0. The second kappa shape index (κ2) is 32.2. The van der Waals surface area contributed by atoms with Gasteiger partial charge in [0.25, 0.3) is 0 Å². The average molecular weight is 889 g/mol. The van der Waals surface area contributed by atoms with E-state index < -0.39 is 48.4 Å². The Morgan fingerprint density at radius 3 is 1.36 bits per heavy atom. The first-order valence-electron chi connectivity index (χ1n) is 23.5. The Balaban J connectivity index is 4.15. The van der Waals surface area contributed by atoms with Gasteiger partial charge < -0.3 is 40.6 Å². The van der Waals surface area contributed by atoms with Crippen LogP contribution in [-0.2, 0) is 42.3 Å². The summed E-state index contributed by atoms with van der Waals surface area (Å²) in [7, 11) is -3.14. The molecule has 0 aliphatic rings. The Bertz CT molecular complexity index is 1270. The van der Waals surface area contributed by atoms with Gasteiger partial charge in [-0.1, -0.05) is 83.5 Å². The molecule has 0 heterocycles. The molecule has 0 aromatic carbocycles. The van der Waals surface area contributed by atoms with Crippen LogP contribution in [0, 0.1) is 0 Å². The van der Waals surface area contributed by atoms with E-state index in [1.807, 2.05) is 41.5 Å². The van der Waals surface area contributed by atoms with Crippen LogP contribution in [0.4, 0.5) is 0 Å². The normalized spacial score (nSPS) is 13.3. The molecule has 0 aliphatic carbocycles. The summed E-state index contributed by atoms with van der Waals surface area (Å²) in [6, 6.07) is -1.78. The number of esters is 1. The van der Waals surface area contributed by atoms with E-state index in [4.69, 9.17) is 24.6 Å². The SMILES string of the molecule is CC(C)(C)OC(=O)C(CCC(=O)NCCCCCC(=O)NCCCCC(N)C(=O)O)NC(=O)CCCCCCCCCCCCCCCCP(=O)(OC(C)(C)C)OC(C)(C)C. The van der Waals surface area contributed by atoms with Crippen molar-refractivity contribution in [2.75, 3.05) is 19.3 Å². The summed E-state index contributed by atoms with van der Waals surface area (Å²) in [6.45, 7) is 17.7. The van der Waals surface area contributed by atoms with E-state index in [0.29, 0.717) is 64.2 Å². The number of aliphatic carboxylic acids is 1. The summed E-state index contributed by atoms with van der Waals surface area (Å²) in [4.78, 5) is 61.0. The number of carbonyl (C=O) groups is 5.